The molecule has 1 atom stereocenters. The van der Waals surface area contributed by atoms with Gasteiger partial charge in [0, 0.05) is 18.2 Å². The Morgan fingerprint density at radius 1 is 1.25 bits per heavy atom. The summed E-state index contributed by atoms with van der Waals surface area (Å²) in [6.07, 6.45) is 7.16. The number of benzene rings is 1. The normalized spacial score (nSPS) is 24.7. The van der Waals surface area contributed by atoms with E-state index in [-0.39, 0.29) is 11.2 Å². The minimum Gasteiger partial charge on any atom is -0.404 e. The molecule has 0 amide bonds. The Labute approximate surface area is 164 Å². The highest BCUT2D eigenvalue weighted by Gasteiger charge is 2.43. The van der Waals surface area contributed by atoms with E-state index in [0.717, 1.165) is 42.1 Å². The van der Waals surface area contributed by atoms with Gasteiger partial charge in [0.15, 0.2) is 0 Å². The fourth-order valence-electron chi connectivity index (χ4n) is 4.03. The summed E-state index contributed by atoms with van der Waals surface area (Å²) in [6.45, 7) is 6.12. The molecular weight excluding hydrogens is 351 g/mol. The third kappa shape index (κ3) is 3.29. The third-order valence-electron chi connectivity index (χ3n) is 5.57. The van der Waals surface area contributed by atoms with E-state index < -0.39 is 0 Å². The van der Waals surface area contributed by atoms with E-state index >= 15 is 0 Å². The van der Waals surface area contributed by atoms with E-state index in [0.29, 0.717) is 12.1 Å². The lowest BCUT2D eigenvalue weighted by Gasteiger charge is -2.45. The number of nitrogens with one attached hydrogen (secondary N) is 1. The van der Waals surface area contributed by atoms with E-state index in [1.165, 1.54) is 17.7 Å². The molecule has 2 aromatic rings. The Morgan fingerprint density at radius 3 is 2.79 bits per heavy atom. The monoisotopic (exact) mass is 374 g/mol. The van der Waals surface area contributed by atoms with E-state index in [9.17, 15) is 4.39 Å². The number of halogens is 1. The van der Waals surface area contributed by atoms with Gasteiger partial charge in [-0.2, -0.15) is 0 Å². The number of fused-ring (bicyclic) bond motifs is 1. The van der Waals surface area contributed by atoms with Crippen LogP contribution < -0.4 is 11.1 Å². The van der Waals surface area contributed by atoms with Crippen LogP contribution in [0.4, 0.5) is 10.1 Å². The lowest BCUT2D eigenvalue weighted by Crippen LogP contribution is -2.45. The highest BCUT2D eigenvalue weighted by Crippen LogP contribution is 2.50. The van der Waals surface area contributed by atoms with Crippen LogP contribution in [0.15, 0.2) is 83.7 Å². The number of allylic oxidation sites excluding steroid dienone is 2. The standard InChI is InChI=1S/C23H23FN4/c1-16(21-4-2-3-10-27-21)23-13-17(14-25)22(12-18(23)9-11-26-15-23)28-20-7-5-19(24)6-8-20/h2-8,10,12,14,26H,1,9,11,13,15,25H2. The van der Waals surface area contributed by atoms with Crippen LogP contribution in [0, 0.1) is 11.2 Å². The van der Waals surface area contributed by atoms with Crippen LogP contribution in [0.2, 0.25) is 0 Å². The highest BCUT2D eigenvalue weighted by molar-refractivity contribution is 6.11. The predicted octanol–water partition coefficient (Wildman–Crippen LogP) is 4.16. The van der Waals surface area contributed by atoms with Gasteiger partial charge in [-0.05, 0) is 79.2 Å². The summed E-state index contributed by atoms with van der Waals surface area (Å²) in [5.74, 6) is -0.274. The molecule has 4 nitrogen and oxygen atoms in total. The van der Waals surface area contributed by atoms with Gasteiger partial charge >= 0.3 is 0 Å². The first kappa shape index (κ1) is 18.3. The predicted molar refractivity (Wildman–Crippen MR) is 112 cm³/mol. The molecular formula is C23H23FN4. The molecule has 2 heterocycles. The lowest BCUT2D eigenvalue weighted by atomic mass is 9.63. The Balaban J connectivity index is 1.79. The van der Waals surface area contributed by atoms with Crippen molar-refractivity contribution in [3.05, 3.63) is 90.2 Å². The van der Waals surface area contributed by atoms with Crippen LogP contribution in [-0.2, 0) is 0 Å². The van der Waals surface area contributed by atoms with Crippen molar-refractivity contribution in [1.82, 2.24) is 10.3 Å². The molecule has 28 heavy (non-hydrogen) atoms. The smallest absolute Gasteiger partial charge is 0.123 e. The fraction of sp³-hybridized carbons (Fsp3) is 0.217. The van der Waals surface area contributed by atoms with Gasteiger partial charge in [0.25, 0.3) is 0 Å². The molecule has 1 aliphatic heterocycles. The van der Waals surface area contributed by atoms with Gasteiger partial charge in [-0.3, -0.25) is 4.98 Å². The molecule has 1 aliphatic carbocycles. The minimum atomic E-state index is -0.274. The second kappa shape index (κ2) is 7.52. The van der Waals surface area contributed by atoms with Gasteiger partial charge in [0.05, 0.1) is 17.1 Å². The van der Waals surface area contributed by atoms with E-state index in [1.54, 1.807) is 24.5 Å². The van der Waals surface area contributed by atoms with Crippen molar-refractivity contribution in [3.63, 3.8) is 0 Å². The maximum Gasteiger partial charge on any atom is 0.123 e. The zero-order chi connectivity index (χ0) is 19.6. The van der Waals surface area contributed by atoms with Crippen molar-refractivity contribution < 1.29 is 4.39 Å². The fourth-order valence-corrected chi connectivity index (χ4v) is 4.03. The number of rotatable bonds is 3. The summed E-state index contributed by atoms with van der Waals surface area (Å²) in [5.41, 5.74) is 11.4. The molecule has 142 valence electrons. The molecule has 1 saturated heterocycles. The maximum atomic E-state index is 13.2. The summed E-state index contributed by atoms with van der Waals surface area (Å²) >= 11 is 0. The largest absolute Gasteiger partial charge is 0.404 e. The molecule has 5 heteroatoms. The van der Waals surface area contributed by atoms with Crippen molar-refractivity contribution >= 4 is 17.0 Å². The molecule has 1 fully saturated rings. The zero-order valence-corrected chi connectivity index (χ0v) is 15.7. The summed E-state index contributed by atoms with van der Waals surface area (Å²) in [5, 5.41) is 3.51. The number of nitrogens with two attached hydrogens (primary N) is 1. The molecule has 2 aliphatic rings. The van der Waals surface area contributed by atoms with Crippen LogP contribution in [0.3, 0.4) is 0 Å². The first-order chi connectivity index (χ1) is 13.6. The van der Waals surface area contributed by atoms with Gasteiger partial charge in [0.2, 0.25) is 0 Å². The maximum absolute atomic E-state index is 13.2. The van der Waals surface area contributed by atoms with Gasteiger partial charge < -0.3 is 11.1 Å². The Kier molecular flexibility index (Phi) is 4.92. The van der Waals surface area contributed by atoms with Crippen molar-refractivity contribution in [2.45, 2.75) is 12.8 Å². The van der Waals surface area contributed by atoms with Crippen molar-refractivity contribution in [2.75, 3.05) is 13.1 Å². The average molecular weight is 374 g/mol. The summed E-state index contributed by atoms with van der Waals surface area (Å²) in [7, 11) is 0. The van der Waals surface area contributed by atoms with Crippen LogP contribution in [-0.4, -0.2) is 23.8 Å². The van der Waals surface area contributed by atoms with Gasteiger partial charge in [0.1, 0.15) is 5.82 Å². The van der Waals surface area contributed by atoms with Gasteiger partial charge in [-0.15, -0.1) is 0 Å². The number of pyridine rings is 1. The molecule has 1 aromatic heterocycles. The SMILES string of the molecule is C=C(c1ccccn1)C12CNCCC1=CC(=Nc1ccc(F)cc1)C(=CN)C2. The summed E-state index contributed by atoms with van der Waals surface area (Å²) in [6, 6.07) is 12.1. The average Bonchev–Trinajstić information content (AvgIpc) is 2.75. The highest BCUT2D eigenvalue weighted by atomic mass is 19.1. The zero-order valence-electron chi connectivity index (χ0n) is 15.7. The van der Waals surface area contributed by atoms with Crippen molar-refractivity contribution in [2.24, 2.45) is 16.1 Å². The van der Waals surface area contributed by atoms with Crippen LogP contribution in [0.25, 0.3) is 5.57 Å². The first-order valence-electron chi connectivity index (χ1n) is 9.40. The van der Waals surface area contributed by atoms with Gasteiger partial charge in [-0.25, -0.2) is 9.38 Å². The molecule has 1 aromatic carbocycles. The Hall–Kier alpha value is -3.05. The first-order valence-corrected chi connectivity index (χ1v) is 9.40. The Bertz CT molecular complexity index is 973. The third-order valence-corrected chi connectivity index (χ3v) is 5.57. The van der Waals surface area contributed by atoms with Crippen LogP contribution in [0.1, 0.15) is 18.5 Å². The van der Waals surface area contributed by atoms with E-state index in [2.05, 4.69) is 23.0 Å². The number of aromatic nitrogens is 1. The molecule has 0 saturated carbocycles. The second-order valence-corrected chi connectivity index (χ2v) is 7.21. The number of hydrogen-bond acceptors (Lipinski definition) is 4. The molecule has 4 rings (SSSR count). The van der Waals surface area contributed by atoms with Crippen LogP contribution >= 0.6 is 0 Å². The molecule has 0 radical (unpaired) electrons. The minimum absolute atomic E-state index is 0.264. The quantitative estimate of drug-likeness (QED) is 0.848. The molecule has 0 spiro atoms. The summed E-state index contributed by atoms with van der Waals surface area (Å²) in [4.78, 5) is 9.24. The van der Waals surface area contributed by atoms with Crippen molar-refractivity contribution in [1.29, 1.82) is 0 Å². The Morgan fingerprint density at radius 2 is 2.07 bits per heavy atom. The number of hydrogen-bond donors (Lipinski definition) is 2. The number of piperidine rings is 1. The molecule has 3 N–H and O–H groups in total. The molecule has 1 unspecified atom stereocenters. The topological polar surface area (TPSA) is 63.3 Å². The van der Waals surface area contributed by atoms with Crippen LogP contribution in [0.5, 0.6) is 0 Å². The summed E-state index contributed by atoms with van der Waals surface area (Å²) < 4.78 is 13.2. The van der Waals surface area contributed by atoms with E-state index in [4.69, 9.17) is 10.7 Å². The lowest BCUT2D eigenvalue weighted by molar-refractivity contribution is 0.379. The van der Waals surface area contributed by atoms with Gasteiger partial charge in [-0.1, -0.05) is 18.2 Å². The number of aliphatic imine (C=N–C) groups is 1. The van der Waals surface area contributed by atoms with E-state index in [1.807, 2.05) is 18.2 Å². The second-order valence-electron chi connectivity index (χ2n) is 7.21. The van der Waals surface area contributed by atoms with Crippen molar-refractivity contribution in [3.8, 4) is 0 Å². The molecule has 0 bridgehead atoms. The number of nitrogens with zero attached hydrogens (tertiary/aromatic N) is 2.